The SMILES string of the molecule is CCOc1cc(CNCCNCCO)cc(Cl)c1OCC(N)=O.Cl.Cl. The summed E-state index contributed by atoms with van der Waals surface area (Å²) >= 11 is 6.21. The molecule has 0 atom stereocenters. The first-order chi connectivity index (χ1) is 11.1. The lowest BCUT2D eigenvalue weighted by Crippen LogP contribution is -2.28. The molecule has 1 aromatic rings. The van der Waals surface area contributed by atoms with E-state index in [0.717, 1.165) is 18.7 Å². The van der Waals surface area contributed by atoms with Crippen LogP contribution in [0.15, 0.2) is 12.1 Å². The number of halogens is 3. The molecule has 0 aromatic heterocycles. The Hall–Kier alpha value is -0.960. The highest BCUT2D eigenvalue weighted by Crippen LogP contribution is 2.36. The summed E-state index contributed by atoms with van der Waals surface area (Å²) in [4.78, 5) is 10.9. The first-order valence-corrected chi connectivity index (χ1v) is 7.84. The standard InChI is InChI=1S/C15H24ClN3O4.2ClH/c1-2-22-13-8-11(9-19-4-3-18-5-6-20)7-12(16)15(13)23-10-14(17)21;;/h7-8,18-20H,2-6,9-10H2,1H3,(H2,17,21);2*1H. The molecule has 0 saturated carbocycles. The molecule has 25 heavy (non-hydrogen) atoms. The maximum absolute atomic E-state index is 10.9. The Balaban J connectivity index is 0. The molecule has 0 saturated heterocycles. The third-order valence-corrected chi connectivity index (χ3v) is 3.10. The normalized spacial score (nSPS) is 9.72. The number of primary amides is 1. The number of rotatable bonds is 12. The van der Waals surface area contributed by atoms with Gasteiger partial charge in [-0.25, -0.2) is 0 Å². The second kappa shape index (κ2) is 15.3. The van der Waals surface area contributed by atoms with Crippen LogP contribution in [0.5, 0.6) is 11.5 Å². The van der Waals surface area contributed by atoms with Crippen LogP contribution in [0.1, 0.15) is 12.5 Å². The van der Waals surface area contributed by atoms with Crippen LogP contribution in [-0.2, 0) is 11.3 Å². The van der Waals surface area contributed by atoms with Crippen molar-refractivity contribution in [3.8, 4) is 11.5 Å². The molecular formula is C15H26Cl3N3O4. The third-order valence-electron chi connectivity index (χ3n) is 2.82. The van der Waals surface area contributed by atoms with Crippen molar-refractivity contribution in [3.63, 3.8) is 0 Å². The minimum Gasteiger partial charge on any atom is -0.490 e. The molecule has 0 heterocycles. The zero-order chi connectivity index (χ0) is 17.1. The fourth-order valence-electron chi connectivity index (χ4n) is 1.88. The number of nitrogens with two attached hydrogens (primary N) is 1. The monoisotopic (exact) mass is 417 g/mol. The van der Waals surface area contributed by atoms with Gasteiger partial charge in [0.1, 0.15) is 0 Å². The zero-order valence-corrected chi connectivity index (χ0v) is 16.4. The van der Waals surface area contributed by atoms with Crippen molar-refractivity contribution >= 4 is 42.3 Å². The van der Waals surface area contributed by atoms with E-state index in [4.69, 9.17) is 31.9 Å². The Bertz CT molecular complexity index is 507. The number of amides is 1. The number of hydrogen-bond acceptors (Lipinski definition) is 6. The van der Waals surface area contributed by atoms with E-state index in [1.807, 2.05) is 13.0 Å². The van der Waals surface area contributed by atoms with E-state index in [1.165, 1.54) is 0 Å². The van der Waals surface area contributed by atoms with Crippen LogP contribution in [0.3, 0.4) is 0 Å². The average molecular weight is 419 g/mol. The van der Waals surface area contributed by atoms with Crippen LogP contribution < -0.4 is 25.8 Å². The number of nitrogens with one attached hydrogen (secondary N) is 2. The van der Waals surface area contributed by atoms with E-state index in [0.29, 0.717) is 36.2 Å². The van der Waals surface area contributed by atoms with E-state index in [-0.39, 0.29) is 38.0 Å². The highest BCUT2D eigenvalue weighted by atomic mass is 35.5. The van der Waals surface area contributed by atoms with E-state index >= 15 is 0 Å². The second-order valence-corrected chi connectivity index (χ2v) is 5.15. The summed E-state index contributed by atoms with van der Waals surface area (Å²) in [7, 11) is 0. The minimum atomic E-state index is -0.579. The van der Waals surface area contributed by atoms with Crippen LogP contribution in [0.4, 0.5) is 0 Å². The lowest BCUT2D eigenvalue weighted by atomic mass is 10.2. The van der Waals surface area contributed by atoms with Crippen LogP contribution in [0, 0.1) is 0 Å². The Kier molecular flexibility index (Phi) is 16.1. The summed E-state index contributed by atoms with van der Waals surface area (Å²) in [6.45, 7) is 4.86. The van der Waals surface area contributed by atoms with Crippen molar-refractivity contribution in [2.24, 2.45) is 5.73 Å². The summed E-state index contributed by atoms with van der Waals surface area (Å²) in [5.74, 6) is 0.224. The van der Waals surface area contributed by atoms with E-state index in [2.05, 4.69) is 10.6 Å². The number of aliphatic hydroxyl groups excluding tert-OH is 1. The molecule has 0 aliphatic heterocycles. The van der Waals surface area contributed by atoms with Crippen molar-refractivity contribution < 1.29 is 19.4 Å². The summed E-state index contributed by atoms with van der Waals surface area (Å²) in [5.41, 5.74) is 6.02. The maximum Gasteiger partial charge on any atom is 0.255 e. The van der Waals surface area contributed by atoms with Crippen molar-refractivity contribution in [1.82, 2.24) is 10.6 Å². The molecule has 0 radical (unpaired) electrons. The minimum absolute atomic E-state index is 0. The van der Waals surface area contributed by atoms with E-state index < -0.39 is 5.91 Å². The van der Waals surface area contributed by atoms with Crippen LogP contribution in [0.2, 0.25) is 5.02 Å². The molecular weight excluding hydrogens is 393 g/mol. The molecule has 0 aliphatic carbocycles. The molecule has 0 unspecified atom stereocenters. The molecule has 0 bridgehead atoms. The molecule has 0 aliphatic rings. The Morgan fingerprint density at radius 1 is 1.20 bits per heavy atom. The van der Waals surface area contributed by atoms with E-state index in [1.54, 1.807) is 6.07 Å². The van der Waals surface area contributed by atoms with Gasteiger partial charge >= 0.3 is 0 Å². The molecule has 0 fully saturated rings. The number of hydrogen-bond donors (Lipinski definition) is 4. The quantitative estimate of drug-likeness (QED) is 0.379. The smallest absolute Gasteiger partial charge is 0.255 e. The number of carbonyl (C=O) groups is 1. The van der Waals surface area contributed by atoms with Gasteiger partial charge in [-0.05, 0) is 24.6 Å². The van der Waals surface area contributed by atoms with Gasteiger partial charge in [-0.2, -0.15) is 0 Å². The Morgan fingerprint density at radius 2 is 1.88 bits per heavy atom. The maximum atomic E-state index is 10.9. The number of carbonyl (C=O) groups excluding carboxylic acids is 1. The van der Waals surface area contributed by atoms with Crippen LogP contribution in [0.25, 0.3) is 0 Å². The van der Waals surface area contributed by atoms with Crippen molar-refractivity contribution in [3.05, 3.63) is 22.7 Å². The second-order valence-electron chi connectivity index (χ2n) is 4.74. The van der Waals surface area contributed by atoms with Gasteiger partial charge in [0.25, 0.3) is 5.91 Å². The molecule has 5 N–H and O–H groups in total. The van der Waals surface area contributed by atoms with Crippen molar-refractivity contribution in [2.45, 2.75) is 13.5 Å². The molecule has 1 amide bonds. The summed E-state index contributed by atoms with van der Waals surface area (Å²) in [6, 6.07) is 3.58. The summed E-state index contributed by atoms with van der Waals surface area (Å²) in [5, 5.41) is 15.4. The number of ether oxygens (including phenoxy) is 2. The number of benzene rings is 1. The first-order valence-electron chi connectivity index (χ1n) is 7.47. The third kappa shape index (κ3) is 10.6. The topological polar surface area (TPSA) is 106 Å². The lowest BCUT2D eigenvalue weighted by Gasteiger charge is -2.15. The molecule has 7 nitrogen and oxygen atoms in total. The fraction of sp³-hybridized carbons (Fsp3) is 0.533. The Morgan fingerprint density at radius 3 is 2.48 bits per heavy atom. The lowest BCUT2D eigenvalue weighted by molar-refractivity contribution is -0.119. The van der Waals surface area contributed by atoms with Crippen LogP contribution in [-0.4, -0.2) is 50.5 Å². The summed E-state index contributed by atoms with van der Waals surface area (Å²) in [6.07, 6.45) is 0. The average Bonchev–Trinajstić information content (AvgIpc) is 2.50. The van der Waals surface area contributed by atoms with Gasteiger partial charge in [0.05, 0.1) is 18.2 Å². The highest BCUT2D eigenvalue weighted by Gasteiger charge is 2.13. The Labute approximate surface area is 165 Å². The first kappa shape index (κ1) is 26.3. The van der Waals surface area contributed by atoms with Gasteiger partial charge in [0.2, 0.25) is 0 Å². The van der Waals surface area contributed by atoms with Gasteiger partial charge in [0.15, 0.2) is 18.1 Å². The van der Waals surface area contributed by atoms with Crippen molar-refractivity contribution in [1.29, 1.82) is 0 Å². The summed E-state index contributed by atoms with van der Waals surface area (Å²) < 4.78 is 10.8. The van der Waals surface area contributed by atoms with Gasteiger partial charge < -0.3 is 30.9 Å². The molecule has 146 valence electrons. The predicted molar refractivity (Wildman–Crippen MR) is 103 cm³/mol. The van der Waals surface area contributed by atoms with Gasteiger partial charge in [-0.15, -0.1) is 24.8 Å². The zero-order valence-electron chi connectivity index (χ0n) is 14.0. The fourth-order valence-corrected chi connectivity index (χ4v) is 2.17. The largest absolute Gasteiger partial charge is 0.490 e. The molecule has 1 aromatic carbocycles. The van der Waals surface area contributed by atoms with Crippen molar-refractivity contribution in [2.75, 3.05) is 39.5 Å². The number of aliphatic hydroxyl groups is 1. The highest BCUT2D eigenvalue weighted by molar-refractivity contribution is 6.32. The van der Waals surface area contributed by atoms with Gasteiger partial charge in [0, 0.05) is 26.2 Å². The molecule has 10 heteroatoms. The molecule has 1 rings (SSSR count). The van der Waals surface area contributed by atoms with Gasteiger partial charge in [-0.3, -0.25) is 4.79 Å². The van der Waals surface area contributed by atoms with Gasteiger partial charge in [-0.1, -0.05) is 11.6 Å². The molecule has 0 spiro atoms. The predicted octanol–water partition coefficient (Wildman–Crippen LogP) is 1.12. The van der Waals surface area contributed by atoms with E-state index in [9.17, 15) is 4.79 Å². The van der Waals surface area contributed by atoms with Crippen LogP contribution >= 0.6 is 36.4 Å².